The molecule has 3 aliphatic rings. The predicted molar refractivity (Wildman–Crippen MR) is 103 cm³/mol. The monoisotopic (exact) mass is 352 g/mol. The second kappa shape index (κ2) is 6.57. The van der Waals surface area contributed by atoms with E-state index in [0.717, 1.165) is 43.7 Å². The molecule has 2 aromatic rings. The minimum Gasteiger partial charge on any atom is -0.444 e. The number of benzene rings is 1. The molecule has 1 amide bonds. The number of hydrogen-bond donors (Lipinski definition) is 0. The molecule has 2 bridgehead atoms. The van der Waals surface area contributed by atoms with Crippen LogP contribution in [0.1, 0.15) is 52.1 Å². The maximum absolute atomic E-state index is 12.7. The molecule has 3 heterocycles. The van der Waals surface area contributed by atoms with Crippen LogP contribution < -0.4 is 0 Å². The summed E-state index contributed by atoms with van der Waals surface area (Å²) in [6.07, 6.45) is 7.05. The molecule has 1 aromatic heterocycles. The van der Waals surface area contributed by atoms with Gasteiger partial charge in [0.1, 0.15) is 5.60 Å². The maximum Gasteiger partial charge on any atom is 0.410 e. The average Bonchev–Trinajstić information content (AvgIpc) is 2.57. The first-order valence-electron chi connectivity index (χ1n) is 9.74. The van der Waals surface area contributed by atoms with Crippen molar-refractivity contribution in [2.75, 3.05) is 0 Å². The van der Waals surface area contributed by atoms with Crippen LogP contribution in [0.4, 0.5) is 4.79 Å². The van der Waals surface area contributed by atoms with Crippen molar-refractivity contribution >= 4 is 16.9 Å². The number of hydrogen-bond acceptors (Lipinski definition) is 3. The van der Waals surface area contributed by atoms with Crippen molar-refractivity contribution in [1.82, 2.24) is 9.88 Å². The van der Waals surface area contributed by atoms with E-state index in [2.05, 4.69) is 29.2 Å². The van der Waals surface area contributed by atoms with Gasteiger partial charge in [0.15, 0.2) is 0 Å². The largest absolute Gasteiger partial charge is 0.444 e. The minimum atomic E-state index is -0.442. The van der Waals surface area contributed by atoms with Gasteiger partial charge in [0, 0.05) is 29.4 Å². The van der Waals surface area contributed by atoms with E-state index >= 15 is 0 Å². The van der Waals surface area contributed by atoms with Gasteiger partial charge >= 0.3 is 6.09 Å². The third kappa shape index (κ3) is 3.55. The summed E-state index contributed by atoms with van der Waals surface area (Å²) in [5.74, 6) is 0.785. The van der Waals surface area contributed by atoms with Gasteiger partial charge in [0.25, 0.3) is 0 Å². The zero-order valence-electron chi connectivity index (χ0n) is 15.9. The van der Waals surface area contributed by atoms with E-state index in [1.54, 1.807) is 0 Å². The quantitative estimate of drug-likeness (QED) is 0.784. The standard InChI is InChI=1S/C22H28N2O2/c1-22(2,3)26-21(25)24-19(10-15-11-20(24)12-15)9-8-18-13-16-6-4-5-7-17(16)14-23-18/h4-7,13-15,19-20H,8-12H2,1-3H3. The SMILES string of the molecule is CC(C)(C)OC(=O)N1C(CCc2cc3ccccc3cn2)CC2CC1C2. The second-order valence-corrected chi connectivity index (χ2v) is 8.83. The van der Waals surface area contributed by atoms with E-state index in [4.69, 9.17) is 4.74 Å². The summed E-state index contributed by atoms with van der Waals surface area (Å²) in [6.45, 7) is 5.81. The fourth-order valence-corrected chi connectivity index (χ4v) is 4.37. The second-order valence-electron chi connectivity index (χ2n) is 8.83. The normalized spacial score (nSPS) is 25.0. The van der Waals surface area contributed by atoms with E-state index in [-0.39, 0.29) is 12.1 Å². The number of carbonyl (C=O) groups excluding carboxylic acids is 1. The molecule has 138 valence electrons. The van der Waals surface area contributed by atoms with Gasteiger partial charge in [0.2, 0.25) is 0 Å². The molecule has 1 unspecified atom stereocenters. The van der Waals surface area contributed by atoms with Gasteiger partial charge in [-0.05, 0) is 70.2 Å². The Hall–Kier alpha value is -2.10. The number of nitrogens with zero attached hydrogens (tertiary/aromatic N) is 2. The Morgan fingerprint density at radius 1 is 1.19 bits per heavy atom. The third-order valence-corrected chi connectivity index (χ3v) is 5.63. The van der Waals surface area contributed by atoms with E-state index < -0.39 is 5.60 Å². The summed E-state index contributed by atoms with van der Waals surface area (Å²) in [7, 11) is 0. The molecule has 1 aromatic carbocycles. The maximum atomic E-state index is 12.7. The lowest BCUT2D eigenvalue weighted by Gasteiger charge is -2.53. The number of piperidine rings is 2. The van der Waals surface area contributed by atoms with E-state index in [1.807, 2.05) is 37.9 Å². The smallest absolute Gasteiger partial charge is 0.410 e. The number of fused-ring (bicyclic) bond motifs is 3. The zero-order chi connectivity index (χ0) is 18.3. The summed E-state index contributed by atoms with van der Waals surface area (Å²) in [6, 6.07) is 11.1. The Balaban J connectivity index is 1.45. The zero-order valence-corrected chi connectivity index (χ0v) is 15.9. The van der Waals surface area contributed by atoms with E-state index in [0.29, 0.717) is 6.04 Å². The van der Waals surface area contributed by atoms with Crippen LogP contribution in [-0.4, -0.2) is 33.7 Å². The van der Waals surface area contributed by atoms with Crippen molar-refractivity contribution in [3.05, 3.63) is 42.2 Å². The highest BCUT2D eigenvalue weighted by atomic mass is 16.6. The third-order valence-electron chi connectivity index (χ3n) is 5.63. The molecule has 1 aliphatic carbocycles. The molecular formula is C22H28N2O2. The van der Waals surface area contributed by atoms with Crippen molar-refractivity contribution in [1.29, 1.82) is 0 Å². The molecule has 4 heteroatoms. The van der Waals surface area contributed by atoms with Crippen molar-refractivity contribution < 1.29 is 9.53 Å². The van der Waals surface area contributed by atoms with Crippen LogP contribution in [0.5, 0.6) is 0 Å². The van der Waals surface area contributed by atoms with Crippen molar-refractivity contribution in [3.63, 3.8) is 0 Å². The number of aryl methyl sites for hydroxylation is 1. The number of ether oxygens (including phenoxy) is 1. The van der Waals surface area contributed by atoms with Gasteiger partial charge in [-0.3, -0.25) is 4.98 Å². The Bertz CT molecular complexity index is 805. The first-order valence-corrected chi connectivity index (χ1v) is 9.74. The number of rotatable bonds is 3. The molecule has 5 rings (SSSR count). The lowest BCUT2D eigenvalue weighted by Crippen LogP contribution is -2.59. The van der Waals surface area contributed by atoms with Crippen molar-refractivity contribution in [2.24, 2.45) is 5.92 Å². The van der Waals surface area contributed by atoms with Gasteiger partial charge < -0.3 is 9.64 Å². The van der Waals surface area contributed by atoms with E-state index in [1.165, 1.54) is 10.8 Å². The number of amides is 1. The lowest BCUT2D eigenvalue weighted by atomic mass is 9.70. The summed E-state index contributed by atoms with van der Waals surface area (Å²) in [4.78, 5) is 19.4. The highest BCUT2D eigenvalue weighted by Gasteiger charge is 2.47. The van der Waals surface area contributed by atoms with Crippen LogP contribution >= 0.6 is 0 Å². The number of pyridine rings is 1. The summed E-state index contributed by atoms with van der Waals surface area (Å²) in [5, 5.41) is 2.40. The Morgan fingerprint density at radius 3 is 2.65 bits per heavy atom. The van der Waals surface area contributed by atoms with E-state index in [9.17, 15) is 4.79 Å². The molecule has 1 atom stereocenters. The fourth-order valence-electron chi connectivity index (χ4n) is 4.37. The van der Waals surface area contributed by atoms with Gasteiger partial charge in [0.05, 0.1) is 0 Å². The molecule has 26 heavy (non-hydrogen) atoms. The summed E-state index contributed by atoms with van der Waals surface area (Å²) in [5.41, 5.74) is 0.661. The van der Waals surface area contributed by atoms with Gasteiger partial charge in [-0.25, -0.2) is 4.79 Å². The molecular weight excluding hydrogens is 324 g/mol. The average molecular weight is 352 g/mol. The van der Waals surface area contributed by atoms with Crippen LogP contribution in [-0.2, 0) is 11.2 Å². The van der Waals surface area contributed by atoms with Gasteiger partial charge in [-0.15, -0.1) is 0 Å². The van der Waals surface area contributed by atoms with Crippen molar-refractivity contribution in [2.45, 2.75) is 70.6 Å². The van der Waals surface area contributed by atoms with Crippen molar-refractivity contribution in [3.8, 4) is 0 Å². The van der Waals surface area contributed by atoms with Crippen LogP contribution in [0.25, 0.3) is 10.8 Å². The first kappa shape index (κ1) is 17.3. The molecule has 1 saturated carbocycles. The minimum absolute atomic E-state index is 0.142. The molecule has 2 aliphatic heterocycles. The molecule has 4 nitrogen and oxygen atoms in total. The molecule has 0 radical (unpaired) electrons. The predicted octanol–water partition coefficient (Wildman–Crippen LogP) is 4.96. The van der Waals surface area contributed by atoms with Crippen LogP contribution in [0.2, 0.25) is 0 Å². The van der Waals surface area contributed by atoms with Crippen LogP contribution in [0, 0.1) is 5.92 Å². The molecule has 0 spiro atoms. The Labute approximate surface area is 155 Å². The molecule has 2 saturated heterocycles. The number of carbonyl (C=O) groups is 1. The van der Waals surface area contributed by atoms with Crippen LogP contribution in [0.3, 0.4) is 0 Å². The topological polar surface area (TPSA) is 42.4 Å². The summed E-state index contributed by atoms with van der Waals surface area (Å²) >= 11 is 0. The lowest BCUT2D eigenvalue weighted by molar-refractivity contribution is -0.0533. The summed E-state index contributed by atoms with van der Waals surface area (Å²) < 4.78 is 5.68. The first-order chi connectivity index (χ1) is 12.4. The van der Waals surface area contributed by atoms with Crippen LogP contribution in [0.15, 0.2) is 36.5 Å². The van der Waals surface area contributed by atoms with Gasteiger partial charge in [-0.2, -0.15) is 0 Å². The fraction of sp³-hybridized carbons (Fsp3) is 0.545. The van der Waals surface area contributed by atoms with Gasteiger partial charge in [-0.1, -0.05) is 24.3 Å². The molecule has 3 fully saturated rings. The Morgan fingerprint density at radius 2 is 1.92 bits per heavy atom. The molecule has 0 N–H and O–H groups in total. The number of aromatic nitrogens is 1. The Kier molecular flexibility index (Phi) is 4.37. The highest BCUT2D eigenvalue weighted by Crippen LogP contribution is 2.44. The highest BCUT2D eigenvalue weighted by molar-refractivity contribution is 5.81.